The van der Waals surface area contributed by atoms with E-state index in [1.54, 1.807) is 46.4 Å². The molecule has 2 aromatic heterocycles. The van der Waals surface area contributed by atoms with E-state index in [2.05, 4.69) is 32.1 Å². The van der Waals surface area contributed by atoms with Crippen LogP contribution in [-0.4, -0.2) is 46.9 Å². The highest BCUT2D eigenvalue weighted by atomic mass is 19.1. The van der Waals surface area contributed by atoms with Gasteiger partial charge in [0.15, 0.2) is 0 Å². The van der Waals surface area contributed by atoms with Crippen LogP contribution >= 0.6 is 0 Å². The van der Waals surface area contributed by atoms with E-state index in [1.165, 1.54) is 17.0 Å². The zero-order chi connectivity index (χ0) is 21.8. The standard InChI is InChI=1S/C22H21FN6O/c1-13-16(8-5-14-6-10-19(25-2)26-12-14)20(28-22(24)27-13)17-9-7-15(11-18(17)23)21(30)29(3)4/h6-7,9-12H,1-4H3,(H,25,26)(H2,24,27,28). The van der Waals surface area contributed by atoms with E-state index in [0.29, 0.717) is 16.8 Å². The summed E-state index contributed by atoms with van der Waals surface area (Å²) in [6.45, 7) is 1.73. The van der Waals surface area contributed by atoms with Crippen molar-refractivity contribution in [2.75, 3.05) is 32.2 Å². The minimum atomic E-state index is -0.594. The quantitative estimate of drug-likeness (QED) is 0.652. The van der Waals surface area contributed by atoms with Crippen LogP contribution in [0.1, 0.15) is 27.2 Å². The van der Waals surface area contributed by atoms with Crippen molar-refractivity contribution in [3.05, 3.63) is 64.7 Å². The zero-order valence-electron chi connectivity index (χ0n) is 17.1. The maximum Gasteiger partial charge on any atom is 0.253 e. The minimum Gasteiger partial charge on any atom is -0.373 e. The second kappa shape index (κ2) is 8.57. The number of carbonyl (C=O) groups is 1. The summed E-state index contributed by atoms with van der Waals surface area (Å²) in [6.07, 6.45) is 1.63. The van der Waals surface area contributed by atoms with E-state index in [4.69, 9.17) is 5.73 Å². The van der Waals surface area contributed by atoms with Crippen LogP contribution in [0.5, 0.6) is 0 Å². The molecule has 0 aliphatic rings. The third-order valence-corrected chi connectivity index (χ3v) is 4.34. The lowest BCUT2D eigenvalue weighted by Crippen LogP contribution is -2.21. The third-order valence-electron chi connectivity index (χ3n) is 4.34. The van der Waals surface area contributed by atoms with Gasteiger partial charge in [-0.15, -0.1) is 0 Å². The number of aryl methyl sites for hydroxylation is 1. The Labute approximate surface area is 174 Å². The second-order valence-corrected chi connectivity index (χ2v) is 6.72. The Morgan fingerprint density at radius 2 is 1.93 bits per heavy atom. The highest BCUT2D eigenvalue weighted by Crippen LogP contribution is 2.27. The molecule has 0 unspecified atom stereocenters. The van der Waals surface area contributed by atoms with Crippen molar-refractivity contribution >= 4 is 17.7 Å². The summed E-state index contributed by atoms with van der Waals surface area (Å²) in [6, 6.07) is 7.86. The number of halogens is 1. The number of nitrogens with one attached hydrogen (secondary N) is 1. The second-order valence-electron chi connectivity index (χ2n) is 6.72. The number of aromatic nitrogens is 3. The predicted molar refractivity (Wildman–Crippen MR) is 114 cm³/mol. The van der Waals surface area contributed by atoms with E-state index in [9.17, 15) is 9.18 Å². The van der Waals surface area contributed by atoms with Gasteiger partial charge in [-0.05, 0) is 37.3 Å². The molecule has 0 aliphatic heterocycles. The fourth-order valence-corrected chi connectivity index (χ4v) is 2.79. The average molecular weight is 404 g/mol. The first kappa shape index (κ1) is 20.7. The number of carbonyl (C=O) groups excluding carboxylic acids is 1. The molecule has 0 saturated carbocycles. The van der Waals surface area contributed by atoms with Gasteiger partial charge >= 0.3 is 0 Å². The molecule has 8 heteroatoms. The number of hydrogen-bond donors (Lipinski definition) is 2. The molecule has 0 radical (unpaired) electrons. The van der Waals surface area contributed by atoms with Gasteiger partial charge in [0.25, 0.3) is 5.91 Å². The molecule has 0 spiro atoms. The number of nitrogen functional groups attached to an aromatic ring is 1. The monoisotopic (exact) mass is 404 g/mol. The van der Waals surface area contributed by atoms with Gasteiger partial charge in [0.2, 0.25) is 5.95 Å². The molecule has 0 atom stereocenters. The van der Waals surface area contributed by atoms with Crippen molar-refractivity contribution in [2.45, 2.75) is 6.92 Å². The third kappa shape index (κ3) is 4.36. The normalized spacial score (nSPS) is 10.2. The lowest BCUT2D eigenvalue weighted by atomic mass is 10.0. The van der Waals surface area contributed by atoms with Crippen molar-refractivity contribution in [3.8, 4) is 23.1 Å². The molecule has 1 amide bonds. The lowest BCUT2D eigenvalue weighted by molar-refractivity contribution is 0.0827. The number of hydrogen-bond acceptors (Lipinski definition) is 6. The summed E-state index contributed by atoms with van der Waals surface area (Å²) in [5, 5.41) is 2.94. The fraction of sp³-hybridized carbons (Fsp3) is 0.182. The molecule has 3 N–H and O–H groups in total. The number of benzene rings is 1. The molecule has 0 fully saturated rings. The maximum atomic E-state index is 14.9. The molecule has 0 bridgehead atoms. The number of nitrogens with two attached hydrogens (primary N) is 1. The van der Waals surface area contributed by atoms with Crippen LogP contribution in [-0.2, 0) is 0 Å². The molecule has 0 aliphatic carbocycles. The molecular formula is C22H21FN6O. The molecule has 3 aromatic rings. The summed E-state index contributed by atoms with van der Waals surface area (Å²) < 4.78 is 14.9. The maximum absolute atomic E-state index is 14.9. The first-order chi connectivity index (χ1) is 14.3. The van der Waals surface area contributed by atoms with Gasteiger partial charge in [-0.3, -0.25) is 4.79 Å². The van der Waals surface area contributed by atoms with E-state index in [0.717, 1.165) is 5.82 Å². The molecule has 30 heavy (non-hydrogen) atoms. The highest BCUT2D eigenvalue weighted by molar-refractivity contribution is 5.94. The fourth-order valence-electron chi connectivity index (χ4n) is 2.79. The molecule has 1 aromatic carbocycles. The van der Waals surface area contributed by atoms with Crippen molar-refractivity contribution in [1.29, 1.82) is 0 Å². The Bertz CT molecular complexity index is 1160. The number of rotatable bonds is 3. The van der Waals surface area contributed by atoms with Crippen molar-refractivity contribution < 1.29 is 9.18 Å². The molecule has 152 valence electrons. The molecule has 0 saturated heterocycles. The van der Waals surface area contributed by atoms with Crippen molar-refractivity contribution in [1.82, 2.24) is 19.9 Å². The van der Waals surface area contributed by atoms with Gasteiger partial charge in [-0.2, -0.15) is 0 Å². The Balaban J connectivity index is 2.08. The largest absolute Gasteiger partial charge is 0.373 e. The van der Waals surface area contributed by atoms with Gasteiger partial charge in [-0.25, -0.2) is 19.3 Å². The lowest BCUT2D eigenvalue weighted by Gasteiger charge is -2.12. The Hall–Kier alpha value is -3.99. The summed E-state index contributed by atoms with van der Waals surface area (Å²) in [5.74, 6) is 5.86. The number of nitrogens with zero attached hydrogens (tertiary/aromatic N) is 4. The van der Waals surface area contributed by atoms with Crippen molar-refractivity contribution in [3.63, 3.8) is 0 Å². The zero-order valence-corrected chi connectivity index (χ0v) is 17.1. The number of amides is 1. The van der Waals surface area contributed by atoms with E-state index >= 15 is 0 Å². The SMILES string of the molecule is CNc1ccc(C#Cc2c(C)nc(N)nc2-c2ccc(C(=O)N(C)C)cc2F)cn1. The smallest absolute Gasteiger partial charge is 0.253 e. The van der Waals surface area contributed by atoms with Gasteiger partial charge in [-0.1, -0.05) is 11.8 Å². The Morgan fingerprint density at radius 1 is 1.17 bits per heavy atom. The Kier molecular flexibility index (Phi) is 5.93. The predicted octanol–water partition coefficient (Wildman–Crippen LogP) is 2.71. The summed E-state index contributed by atoms with van der Waals surface area (Å²) in [5.41, 5.74) is 8.16. The van der Waals surface area contributed by atoms with Gasteiger partial charge in [0.1, 0.15) is 11.6 Å². The van der Waals surface area contributed by atoms with Crippen LogP contribution in [0.3, 0.4) is 0 Å². The summed E-state index contributed by atoms with van der Waals surface area (Å²) in [4.78, 5) is 26.1. The van der Waals surface area contributed by atoms with Gasteiger partial charge in [0, 0.05) is 44.0 Å². The average Bonchev–Trinajstić information content (AvgIpc) is 2.72. The first-order valence-corrected chi connectivity index (χ1v) is 9.11. The van der Waals surface area contributed by atoms with E-state index < -0.39 is 5.82 Å². The molecule has 3 rings (SSSR count). The molecule has 7 nitrogen and oxygen atoms in total. The van der Waals surface area contributed by atoms with Gasteiger partial charge in [0.05, 0.1) is 17.0 Å². The highest BCUT2D eigenvalue weighted by Gasteiger charge is 2.17. The van der Waals surface area contributed by atoms with Crippen LogP contribution in [0.2, 0.25) is 0 Å². The van der Waals surface area contributed by atoms with E-state index in [1.807, 2.05) is 6.07 Å². The van der Waals surface area contributed by atoms with Crippen LogP contribution in [0.15, 0.2) is 36.5 Å². The number of pyridine rings is 1. The minimum absolute atomic E-state index is 0.0148. The molecule has 2 heterocycles. The summed E-state index contributed by atoms with van der Waals surface area (Å²) in [7, 11) is 4.99. The van der Waals surface area contributed by atoms with E-state index in [-0.39, 0.29) is 28.7 Å². The first-order valence-electron chi connectivity index (χ1n) is 9.11. The molecular weight excluding hydrogens is 383 g/mol. The summed E-state index contributed by atoms with van der Waals surface area (Å²) >= 11 is 0. The van der Waals surface area contributed by atoms with Crippen LogP contribution in [0.4, 0.5) is 16.2 Å². The topological polar surface area (TPSA) is 97.0 Å². The van der Waals surface area contributed by atoms with Crippen LogP contribution < -0.4 is 11.1 Å². The van der Waals surface area contributed by atoms with Crippen molar-refractivity contribution in [2.24, 2.45) is 0 Å². The van der Waals surface area contributed by atoms with Crippen LogP contribution in [0.25, 0.3) is 11.3 Å². The number of anilines is 2. The Morgan fingerprint density at radius 3 is 2.53 bits per heavy atom. The van der Waals surface area contributed by atoms with Gasteiger partial charge < -0.3 is 16.0 Å². The van der Waals surface area contributed by atoms with Crippen LogP contribution in [0, 0.1) is 24.6 Å².